The van der Waals surface area contributed by atoms with Crippen LogP contribution in [-0.2, 0) is 16.1 Å². The molecule has 1 fully saturated rings. The summed E-state index contributed by atoms with van der Waals surface area (Å²) in [7, 11) is 1.68. The zero-order valence-corrected chi connectivity index (χ0v) is 12.3. The molecule has 0 unspecified atom stereocenters. The van der Waals surface area contributed by atoms with E-state index in [0.29, 0.717) is 6.61 Å². The van der Waals surface area contributed by atoms with Crippen molar-refractivity contribution >= 4 is 5.97 Å². The summed E-state index contributed by atoms with van der Waals surface area (Å²) in [6.45, 7) is 5.00. The third-order valence-electron chi connectivity index (χ3n) is 3.67. The van der Waals surface area contributed by atoms with Gasteiger partial charge in [0, 0.05) is 13.1 Å². The lowest BCUT2D eigenvalue weighted by molar-refractivity contribution is -0.150. The molecule has 1 aromatic carbocycles. The minimum atomic E-state index is -0.0529. The standard InChI is InChI=1S/C16H23NO3/c1-3-20-16(18)14-7-5-9-17(12-14)11-13-6-4-8-15(10-13)19-2/h4,6,8,10,14H,3,5,7,9,11-12H2,1-2H3/t14-/m1/s1. The van der Waals surface area contributed by atoms with Gasteiger partial charge in [-0.1, -0.05) is 12.1 Å². The lowest BCUT2D eigenvalue weighted by atomic mass is 9.97. The fraction of sp³-hybridized carbons (Fsp3) is 0.562. The molecular formula is C16H23NO3. The molecule has 0 saturated carbocycles. The number of piperidine rings is 1. The van der Waals surface area contributed by atoms with Gasteiger partial charge in [-0.25, -0.2) is 0 Å². The topological polar surface area (TPSA) is 38.8 Å². The van der Waals surface area contributed by atoms with E-state index in [0.717, 1.165) is 38.2 Å². The van der Waals surface area contributed by atoms with Crippen molar-refractivity contribution in [3.8, 4) is 5.75 Å². The number of hydrogen-bond donors (Lipinski definition) is 0. The minimum Gasteiger partial charge on any atom is -0.497 e. The van der Waals surface area contributed by atoms with Crippen LogP contribution in [0, 0.1) is 5.92 Å². The van der Waals surface area contributed by atoms with Crippen molar-refractivity contribution in [2.24, 2.45) is 5.92 Å². The summed E-state index contributed by atoms with van der Waals surface area (Å²) in [4.78, 5) is 14.1. The summed E-state index contributed by atoms with van der Waals surface area (Å²) in [5.74, 6) is 0.846. The van der Waals surface area contributed by atoms with Crippen molar-refractivity contribution in [1.82, 2.24) is 4.90 Å². The summed E-state index contributed by atoms with van der Waals surface area (Å²) in [6.07, 6.45) is 1.99. The van der Waals surface area contributed by atoms with Crippen LogP contribution in [0.4, 0.5) is 0 Å². The summed E-state index contributed by atoms with van der Waals surface area (Å²) in [6, 6.07) is 8.09. The number of carbonyl (C=O) groups is 1. The fourth-order valence-electron chi connectivity index (χ4n) is 2.68. The molecule has 1 saturated heterocycles. The van der Waals surface area contributed by atoms with Gasteiger partial charge in [0.05, 0.1) is 19.6 Å². The Kier molecular flexibility index (Phi) is 5.41. The van der Waals surface area contributed by atoms with E-state index in [1.165, 1.54) is 5.56 Å². The Bertz CT molecular complexity index is 447. The smallest absolute Gasteiger partial charge is 0.310 e. The van der Waals surface area contributed by atoms with Gasteiger partial charge < -0.3 is 9.47 Å². The first-order valence-corrected chi connectivity index (χ1v) is 7.25. The van der Waals surface area contributed by atoms with Crippen molar-refractivity contribution in [3.05, 3.63) is 29.8 Å². The third kappa shape index (κ3) is 3.97. The molecule has 4 heteroatoms. The van der Waals surface area contributed by atoms with Gasteiger partial charge in [-0.05, 0) is 44.0 Å². The Balaban J connectivity index is 1.93. The van der Waals surface area contributed by atoms with Crippen LogP contribution in [-0.4, -0.2) is 37.7 Å². The van der Waals surface area contributed by atoms with E-state index in [-0.39, 0.29) is 11.9 Å². The maximum Gasteiger partial charge on any atom is 0.310 e. The van der Waals surface area contributed by atoms with Crippen molar-refractivity contribution in [1.29, 1.82) is 0 Å². The van der Waals surface area contributed by atoms with Crippen molar-refractivity contribution < 1.29 is 14.3 Å². The van der Waals surface area contributed by atoms with Gasteiger partial charge in [-0.2, -0.15) is 0 Å². The second-order valence-corrected chi connectivity index (χ2v) is 5.18. The first-order valence-electron chi connectivity index (χ1n) is 7.25. The summed E-state index contributed by atoms with van der Waals surface area (Å²) in [5, 5.41) is 0. The quantitative estimate of drug-likeness (QED) is 0.775. The molecule has 1 aliphatic heterocycles. The molecule has 20 heavy (non-hydrogen) atoms. The molecule has 1 atom stereocenters. The number of nitrogens with zero attached hydrogens (tertiary/aromatic N) is 1. The Morgan fingerprint density at radius 3 is 3.05 bits per heavy atom. The normalized spacial score (nSPS) is 19.6. The van der Waals surface area contributed by atoms with Crippen LogP contribution >= 0.6 is 0 Å². The number of benzene rings is 1. The van der Waals surface area contributed by atoms with Crippen LogP contribution in [0.2, 0.25) is 0 Å². The molecule has 0 radical (unpaired) electrons. The molecule has 0 amide bonds. The number of ether oxygens (including phenoxy) is 2. The first-order chi connectivity index (χ1) is 9.72. The Morgan fingerprint density at radius 1 is 1.45 bits per heavy atom. The number of methoxy groups -OCH3 is 1. The molecule has 1 heterocycles. The Hall–Kier alpha value is -1.55. The van der Waals surface area contributed by atoms with Crippen molar-refractivity contribution in [2.45, 2.75) is 26.3 Å². The first kappa shape index (κ1) is 14.9. The highest BCUT2D eigenvalue weighted by Gasteiger charge is 2.26. The van der Waals surface area contributed by atoms with E-state index in [9.17, 15) is 4.79 Å². The SMILES string of the molecule is CCOC(=O)[C@@H]1CCCN(Cc2cccc(OC)c2)C1. The van der Waals surface area contributed by atoms with Gasteiger partial charge in [0.15, 0.2) is 0 Å². The molecule has 0 aliphatic carbocycles. The summed E-state index contributed by atoms with van der Waals surface area (Å²) in [5.41, 5.74) is 1.22. The Labute approximate surface area is 120 Å². The van der Waals surface area contributed by atoms with E-state index in [2.05, 4.69) is 11.0 Å². The van der Waals surface area contributed by atoms with Gasteiger partial charge in [0.25, 0.3) is 0 Å². The maximum absolute atomic E-state index is 11.8. The number of likely N-dealkylation sites (tertiary alicyclic amines) is 1. The number of esters is 1. The van der Waals surface area contributed by atoms with Crippen molar-refractivity contribution in [3.63, 3.8) is 0 Å². The lowest BCUT2D eigenvalue weighted by Crippen LogP contribution is -2.38. The van der Waals surface area contributed by atoms with E-state index >= 15 is 0 Å². The molecule has 110 valence electrons. The van der Waals surface area contributed by atoms with Gasteiger partial charge in [-0.15, -0.1) is 0 Å². The highest BCUT2D eigenvalue weighted by molar-refractivity contribution is 5.72. The molecular weight excluding hydrogens is 254 g/mol. The molecule has 1 aromatic rings. The van der Waals surface area contributed by atoms with Gasteiger partial charge in [-0.3, -0.25) is 9.69 Å². The van der Waals surface area contributed by atoms with Crippen LogP contribution in [0.5, 0.6) is 5.75 Å². The molecule has 4 nitrogen and oxygen atoms in total. The van der Waals surface area contributed by atoms with Crippen LogP contribution in [0.1, 0.15) is 25.3 Å². The lowest BCUT2D eigenvalue weighted by Gasteiger charge is -2.31. The number of hydrogen-bond acceptors (Lipinski definition) is 4. The van der Waals surface area contributed by atoms with Gasteiger partial charge >= 0.3 is 5.97 Å². The van der Waals surface area contributed by atoms with E-state index in [1.54, 1.807) is 7.11 Å². The van der Waals surface area contributed by atoms with Crippen LogP contribution in [0.3, 0.4) is 0 Å². The van der Waals surface area contributed by atoms with E-state index < -0.39 is 0 Å². The maximum atomic E-state index is 11.8. The number of carbonyl (C=O) groups excluding carboxylic acids is 1. The van der Waals surface area contributed by atoms with E-state index in [4.69, 9.17) is 9.47 Å². The molecule has 0 bridgehead atoms. The third-order valence-corrected chi connectivity index (χ3v) is 3.67. The van der Waals surface area contributed by atoms with Crippen LogP contribution in [0.15, 0.2) is 24.3 Å². The summed E-state index contributed by atoms with van der Waals surface area (Å²) < 4.78 is 10.4. The predicted octanol–water partition coefficient (Wildman–Crippen LogP) is 2.47. The molecule has 2 rings (SSSR count). The van der Waals surface area contributed by atoms with E-state index in [1.807, 2.05) is 25.1 Å². The number of rotatable bonds is 5. The van der Waals surface area contributed by atoms with Gasteiger partial charge in [0.1, 0.15) is 5.75 Å². The fourth-order valence-corrected chi connectivity index (χ4v) is 2.68. The largest absolute Gasteiger partial charge is 0.497 e. The molecule has 0 spiro atoms. The van der Waals surface area contributed by atoms with Crippen LogP contribution in [0.25, 0.3) is 0 Å². The average Bonchev–Trinajstić information content (AvgIpc) is 2.48. The summed E-state index contributed by atoms with van der Waals surface area (Å²) >= 11 is 0. The monoisotopic (exact) mass is 277 g/mol. The molecule has 0 aromatic heterocycles. The van der Waals surface area contributed by atoms with Crippen molar-refractivity contribution in [2.75, 3.05) is 26.8 Å². The Morgan fingerprint density at radius 2 is 2.30 bits per heavy atom. The van der Waals surface area contributed by atoms with Crippen LogP contribution < -0.4 is 4.74 Å². The minimum absolute atomic E-state index is 0.0225. The average molecular weight is 277 g/mol. The molecule has 1 aliphatic rings. The second-order valence-electron chi connectivity index (χ2n) is 5.18. The highest BCUT2D eigenvalue weighted by atomic mass is 16.5. The highest BCUT2D eigenvalue weighted by Crippen LogP contribution is 2.21. The van der Waals surface area contributed by atoms with Gasteiger partial charge in [0.2, 0.25) is 0 Å². The predicted molar refractivity (Wildman–Crippen MR) is 77.6 cm³/mol. The second kappa shape index (κ2) is 7.29. The zero-order chi connectivity index (χ0) is 14.4. The zero-order valence-electron chi connectivity index (χ0n) is 12.3. The molecule has 0 N–H and O–H groups in total.